The van der Waals surface area contributed by atoms with E-state index in [1.807, 2.05) is 7.05 Å². The molecule has 0 bridgehead atoms. The van der Waals surface area contributed by atoms with Crippen LogP contribution in [0.1, 0.15) is 83.5 Å². The van der Waals surface area contributed by atoms with Crippen molar-refractivity contribution >= 4 is 11.8 Å². The quantitative estimate of drug-likeness (QED) is 0.596. The average Bonchev–Trinajstić information content (AvgIpc) is 3.24. The van der Waals surface area contributed by atoms with Gasteiger partial charge in [-0.3, -0.25) is 9.59 Å². The zero-order valence-corrected chi connectivity index (χ0v) is 18.7. The number of amides is 2. The van der Waals surface area contributed by atoms with Crippen LogP contribution in [-0.4, -0.2) is 47.9 Å². The molecule has 30 heavy (non-hydrogen) atoms. The number of carbonyl (C=O) groups is 2. The van der Waals surface area contributed by atoms with Crippen molar-refractivity contribution in [1.82, 2.24) is 20.9 Å². The lowest BCUT2D eigenvalue weighted by molar-refractivity contribution is -0.132. The molecule has 6 nitrogen and oxygen atoms in total. The van der Waals surface area contributed by atoms with Crippen LogP contribution in [0.15, 0.2) is 12.4 Å². The van der Waals surface area contributed by atoms with Crippen molar-refractivity contribution in [3.05, 3.63) is 12.4 Å². The molecular weight excluding hydrogens is 376 g/mol. The lowest BCUT2D eigenvalue weighted by Gasteiger charge is -2.37. The van der Waals surface area contributed by atoms with Gasteiger partial charge in [0, 0.05) is 19.6 Å². The average molecular weight is 417 g/mol. The summed E-state index contributed by atoms with van der Waals surface area (Å²) in [5.74, 6) is 2.37. The Labute approximate surface area is 181 Å². The Morgan fingerprint density at radius 2 is 1.83 bits per heavy atom. The van der Waals surface area contributed by atoms with Gasteiger partial charge in [0.25, 0.3) is 5.91 Å². The first-order chi connectivity index (χ1) is 14.5. The van der Waals surface area contributed by atoms with Gasteiger partial charge >= 0.3 is 0 Å². The van der Waals surface area contributed by atoms with Crippen LogP contribution in [0.25, 0.3) is 0 Å². The molecule has 168 valence electrons. The summed E-state index contributed by atoms with van der Waals surface area (Å²) in [5.41, 5.74) is -0.486. The Kier molecular flexibility index (Phi) is 6.71. The standard InChI is InChI=1S/C24H40N4O2/c1-17-27-24(23(30)28(17)2,13-11-18-7-4-3-5-8-18)16-19-9-6-10-20(15-19)26-21-12-14-25-22(21)29/h18-21,26-27H,1,3-16H2,2H3,(H,25,29)/t19-,20?,21+,24+/m0/s1. The molecule has 4 atom stereocenters. The van der Waals surface area contributed by atoms with E-state index in [1.54, 1.807) is 4.90 Å². The summed E-state index contributed by atoms with van der Waals surface area (Å²) in [5, 5.41) is 10.1. The van der Waals surface area contributed by atoms with Crippen LogP contribution in [0.4, 0.5) is 0 Å². The van der Waals surface area contributed by atoms with Gasteiger partial charge in [-0.15, -0.1) is 0 Å². The molecule has 4 aliphatic rings. The molecule has 0 aromatic heterocycles. The van der Waals surface area contributed by atoms with Gasteiger partial charge in [-0.1, -0.05) is 51.5 Å². The second kappa shape index (κ2) is 9.29. The molecule has 2 aliphatic carbocycles. The summed E-state index contributed by atoms with van der Waals surface area (Å²) in [6.45, 7) is 4.88. The molecule has 0 aromatic rings. The number of nitrogens with one attached hydrogen (secondary N) is 3. The number of nitrogens with zero attached hydrogens (tertiary/aromatic N) is 1. The van der Waals surface area contributed by atoms with E-state index in [0.717, 1.165) is 56.8 Å². The van der Waals surface area contributed by atoms with Crippen molar-refractivity contribution < 1.29 is 9.59 Å². The van der Waals surface area contributed by atoms with Gasteiger partial charge in [-0.05, 0) is 50.4 Å². The minimum absolute atomic E-state index is 0.0360. The Morgan fingerprint density at radius 3 is 2.50 bits per heavy atom. The van der Waals surface area contributed by atoms with Gasteiger partial charge in [0.15, 0.2) is 0 Å². The van der Waals surface area contributed by atoms with Gasteiger partial charge in [0.05, 0.1) is 6.04 Å². The molecule has 4 rings (SSSR count). The molecule has 0 spiro atoms. The van der Waals surface area contributed by atoms with Gasteiger partial charge in [0.2, 0.25) is 5.91 Å². The molecular formula is C24H40N4O2. The highest BCUT2D eigenvalue weighted by Gasteiger charge is 2.48. The van der Waals surface area contributed by atoms with Crippen molar-refractivity contribution in [2.24, 2.45) is 11.8 Å². The monoisotopic (exact) mass is 416 g/mol. The van der Waals surface area contributed by atoms with E-state index < -0.39 is 5.54 Å². The fraction of sp³-hybridized carbons (Fsp3) is 0.833. The topological polar surface area (TPSA) is 73.5 Å². The number of likely N-dealkylation sites (N-methyl/N-ethyl adjacent to an activating group) is 1. The number of carbonyl (C=O) groups excluding carboxylic acids is 2. The number of hydrogen-bond acceptors (Lipinski definition) is 4. The summed E-state index contributed by atoms with van der Waals surface area (Å²) in [6.07, 6.45) is 15.0. The summed E-state index contributed by atoms with van der Waals surface area (Å²) < 4.78 is 0. The highest BCUT2D eigenvalue weighted by Crippen LogP contribution is 2.39. The Bertz CT molecular complexity index is 660. The van der Waals surface area contributed by atoms with Crippen LogP contribution < -0.4 is 16.0 Å². The molecule has 0 aromatic carbocycles. The molecule has 3 N–H and O–H groups in total. The van der Waals surface area contributed by atoms with Gasteiger partial charge < -0.3 is 20.9 Å². The molecule has 2 saturated carbocycles. The van der Waals surface area contributed by atoms with E-state index >= 15 is 0 Å². The maximum atomic E-state index is 13.3. The number of rotatable bonds is 7. The lowest BCUT2D eigenvalue weighted by Crippen LogP contribution is -2.50. The second-order valence-electron chi connectivity index (χ2n) is 10.3. The van der Waals surface area contributed by atoms with Crippen molar-refractivity contribution in [3.8, 4) is 0 Å². The SMILES string of the molecule is C=C1N[C@](CCC2CCCCC2)(C[C@H]2CCCC(N[C@@H]3CCNC3=O)C2)C(=O)N1C. The van der Waals surface area contributed by atoms with Gasteiger partial charge in [0.1, 0.15) is 11.4 Å². The maximum absolute atomic E-state index is 13.3. The molecule has 1 unspecified atom stereocenters. The van der Waals surface area contributed by atoms with Gasteiger partial charge in [-0.25, -0.2) is 0 Å². The van der Waals surface area contributed by atoms with Crippen molar-refractivity contribution in [1.29, 1.82) is 0 Å². The fourth-order valence-electron chi connectivity index (χ4n) is 6.35. The van der Waals surface area contributed by atoms with Crippen LogP contribution >= 0.6 is 0 Å². The molecule has 2 aliphatic heterocycles. The third-order valence-electron chi connectivity index (χ3n) is 8.11. The fourth-order valence-corrected chi connectivity index (χ4v) is 6.35. The van der Waals surface area contributed by atoms with E-state index in [2.05, 4.69) is 22.5 Å². The summed E-state index contributed by atoms with van der Waals surface area (Å²) >= 11 is 0. The molecule has 0 radical (unpaired) electrons. The smallest absolute Gasteiger partial charge is 0.253 e. The number of hydrogen-bond donors (Lipinski definition) is 3. The molecule has 4 fully saturated rings. The van der Waals surface area contributed by atoms with Crippen LogP contribution in [0.3, 0.4) is 0 Å². The van der Waals surface area contributed by atoms with E-state index in [9.17, 15) is 9.59 Å². The Balaban J connectivity index is 1.40. The molecule has 2 amide bonds. The zero-order valence-electron chi connectivity index (χ0n) is 18.7. The first-order valence-corrected chi connectivity index (χ1v) is 12.3. The third-order valence-corrected chi connectivity index (χ3v) is 8.11. The van der Waals surface area contributed by atoms with Crippen LogP contribution in [-0.2, 0) is 9.59 Å². The predicted octanol–water partition coefficient (Wildman–Crippen LogP) is 3.05. The van der Waals surface area contributed by atoms with E-state index in [0.29, 0.717) is 12.0 Å². The van der Waals surface area contributed by atoms with Crippen LogP contribution in [0.5, 0.6) is 0 Å². The lowest BCUT2D eigenvalue weighted by atomic mass is 9.74. The summed E-state index contributed by atoms with van der Waals surface area (Å²) in [7, 11) is 1.85. The molecule has 2 saturated heterocycles. The summed E-state index contributed by atoms with van der Waals surface area (Å²) in [4.78, 5) is 27.0. The first kappa shape index (κ1) is 21.7. The molecule has 2 heterocycles. The van der Waals surface area contributed by atoms with Crippen molar-refractivity contribution in [3.63, 3.8) is 0 Å². The minimum Gasteiger partial charge on any atom is -0.358 e. The Morgan fingerprint density at radius 1 is 1.07 bits per heavy atom. The normalized spacial score (nSPS) is 35.6. The van der Waals surface area contributed by atoms with Crippen molar-refractivity contribution in [2.75, 3.05) is 13.6 Å². The van der Waals surface area contributed by atoms with Crippen molar-refractivity contribution in [2.45, 2.75) is 101 Å². The van der Waals surface area contributed by atoms with E-state index in [4.69, 9.17) is 0 Å². The second-order valence-corrected chi connectivity index (χ2v) is 10.3. The first-order valence-electron chi connectivity index (χ1n) is 12.3. The minimum atomic E-state index is -0.486. The molecule has 6 heteroatoms. The van der Waals surface area contributed by atoms with Crippen LogP contribution in [0, 0.1) is 11.8 Å². The largest absolute Gasteiger partial charge is 0.358 e. The maximum Gasteiger partial charge on any atom is 0.253 e. The predicted molar refractivity (Wildman–Crippen MR) is 118 cm³/mol. The van der Waals surface area contributed by atoms with Crippen LogP contribution in [0.2, 0.25) is 0 Å². The third kappa shape index (κ3) is 4.68. The highest BCUT2D eigenvalue weighted by atomic mass is 16.2. The zero-order chi connectivity index (χ0) is 21.1. The Hall–Kier alpha value is -1.56. The van der Waals surface area contributed by atoms with Gasteiger partial charge in [-0.2, -0.15) is 0 Å². The van der Waals surface area contributed by atoms with E-state index in [1.165, 1.54) is 44.9 Å². The highest BCUT2D eigenvalue weighted by molar-refractivity contribution is 5.90. The summed E-state index contributed by atoms with van der Waals surface area (Å²) in [6, 6.07) is 0.344. The van der Waals surface area contributed by atoms with E-state index in [-0.39, 0.29) is 17.9 Å².